The van der Waals surface area contributed by atoms with E-state index in [1.165, 1.54) is 6.08 Å². The highest BCUT2D eigenvalue weighted by atomic mass is 16.5. The molecule has 0 radical (unpaired) electrons. The normalized spacial score (nSPS) is 10.3. The predicted molar refractivity (Wildman–Crippen MR) is 59.0 cm³/mol. The molecule has 1 rings (SSSR count). The molecule has 1 aromatic rings. The maximum absolute atomic E-state index is 11.0. The number of carboxylic acid groups (broad SMARTS) is 1. The van der Waals surface area contributed by atoms with Crippen LogP contribution in [0.5, 0.6) is 5.75 Å². The Kier molecular flexibility index (Phi) is 4.27. The number of carbonyl (C=O) groups excluding carboxylic acids is 1. The average Bonchev–Trinajstić information content (AvgIpc) is 2.28. The van der Waals surface area contributed by atoms with Crippen LogP contribution in [0.4, 0.5) is 0 Å². The zero-order valence-corrected chi connectivity index (χ0v) is 8.84. The van der Waals surface area contributed by atoms with Crippen LogP contribution in [0.25, 0.3) is 6.08 Å². The van der Waals surface area contributed by atoms with Gasteiger partial charge in [0.2, 0.25) is 0 Å². The van der Waals surface area contributed by atoms with Crippen molar-refractivity contribution >= 4 is 18.0 Å². The molecule has 0 unspecified atom stereocenters. The summed E-state index contributed by atoms with van der Waals surface area (Å²) in [7, 11) is 0. The number of rotatable bonds is 4. The molecule has 0 atom stereocenters. The monoisotopic (exact) mass is 220 g/mol. The molecule has 0 amide bonds. The van der Waals surface area contributed by atoms with Crippen LogP contribution >= 0.6 is 0 Å². The first-order valence-corrected chi connectivity index (χ1v) is 4.83. The molecule has 0 bridgehead atoms. The summed E-state index contributed by atoms with van der Waals surface area (Å²) < 4.78 is 4.96. The second-order valence-corrected chi connectivity index (χ2v) is 3.07. The minimum absolute atomic E-state index is 0.297. The van der Waals surface area contributed by atoms with Crippen LogP contribution in [0.2, 0.25) is 0 Å². The molecule has 4 nitrogen and oxygen atoms in total. The van der Waals surface area contributed by atoms with Crippen molar-refractivity contribution in [1.29, 1.82) is 0 Å². The maximum atomic E-state index is 11.0. The van der Waals surface area contributed by atoms with Crippen LogP contribution < -0.4 is 4.74 Å². The highest BCUT2D eigenvalue weighted by Gasteiger charge is 2.00. The molecule has 0 fully saturated rings. The van der Waals surface area contributed by atoms with Crippen molar-refractivity contribution in [2.45, 2.75) is 13.3 Å². The highest BCUT2D eigenvalue weighted by molar-refractivity contribution is 5.85. The van der Waals surface area contributed by atoms with Gasteiger partial charge in [-0.3, -0.25) is 4.79 Å². The van der Waals surface area contributed by atoms with Crippen LogP contribution in [0.1, 0.15) is 18.9 Å². The van der Waals surface area contributed by atoms with Crippen molar-refractivity contribution in [2.24, 2.45) is 0 Å². The van der Waals surface area contributed by atoms with E-state index in [2.05, 4.69) is 0 Å². The number of hydrogen-bond donors (Lipinski definition) is 1. The summed E-state index contributed by atoms with van der Waals surface area (Å²) in [6, 6.07) is 6.60. The van der Waals surface area contributed by atoms with Gasteiger partial charge in [0, 0.05) is 12.5 Å². The summed E-state index contributed by atoms with van der Waals surface area (Å²) in [6.07, 6.45) is 2.83. The fourth-order valence-corrected chi connectivity index (χ4v) is 1.02. The lowest BCUT2D eigenvalue weighted by atomic mass is 10.2. The lowest BCUT2D eigenvalue weighted by Gasteiger charge is -2.02. The number of ether oxygens (including phenoxy) is 1. The minimum atomic E-state index is -0.999. The fraction of sp³-hybridized carbons (Fsp3) is 0.167. The van der Waals surface area contributed by atoms with Gasteiger partial charge in [0.05, 0.1) is 0 Å². The van der Waals surface area contributed by atoms with Crippen LogP contribution in [-0.2, 0) is 9.59 Å². The second-order valence-electron chi connectivity index (χ2n) is 3.07. The number of aliphatic carboxylic acids is 1. The van der Waals surface area contributed by atoms with Gasteiger partial charge in [-0.1, -0.05) is 19.1 Å². The summed E-state index contributed by atoms with van der Waals surface area (Å²) >= 11 is 0. The van der Waals surface area contributed by atoms with Gasteiger partial charge in [-0.15, -0.1) is 0 Å². The van der Waals surface area contributed by atoms with Gasteiger partial charge in [-0.2, -0.15) is 0 Å². The van der Waals surface area contributed by atoms with Gasteiger partial charge in [0.1, 0.15) is 5.75 Å². The molecule has 1 aromatic carbocycles. The Bertz CT molecular complexity index is 404. The van der Waals surface area contributed by atoms with Crippen LogP contribution in [0.15, 0.2) is 30.3 Å². The molecular formula is C12H12O4. The maximum Gasteiger partial charge on any atom is 0.328 e. The molecule has 0 saturated heterocycles. The van der Waals surface area contributed by atoms with Gasteiger partial charge in [-0.05, 0) is 23.8 Å². The highest BCUT2D eigenvalue weighted by Crippen LogP contribution is 2.13. The first kappa shape index (κ1) is 12.0. The third kappa shape index (κ3) is 3.96. The third-order valence-electron chi connectivity index (χ3n) is 1.82. The van der Waals surface area contributed by atoms with Crippen LogP contribution in [0.3, 0.4) is 0 Å². The summed E-state index contributed by atoms with van der Waals surface area (Å²) in [6.45, 7) is 1.71. The SMILES string of the molecule is CCC(=O)Oc1ccc(/C=C/C(=O)O)cc1. The van der Waals surface area contributed by atoms with E-state index in [4.69, 9.17) is 9.84 Å². The van der Waals surface area contributed by atoms with Gasteiger partial charge < -0.3 is 9.84 Å². The average molecular weight is 220 g/mol. The second kappa shape index (κ2) is 5.70. The molecule has 0 aliphatic carbocycles. The number of esters is 1. The molecule has 84 valence electrons. The van der Waals surface area contributed by atoms with Gasteiger partial charge in [-0.25, -0.2) is 4.79 Å². The van der Waals surface area contributed by atoms with E-state index < -0.39 is 5.97 Å². The number of carboxylic acids is 1. The first-order valence-electron chi connectivity index (χ1n) is 4.83. The van der Waals surface area contributed by atoms with Crippen LogP contribution in [-0.4, -0.2) is 17.0 Å². The zero-order valence-electron chi connectivity index (χ0n) is 8.84. The van der Waals surface area contributed by atoms with Crippen molar-refractivity contribution in [3.05, 3.63) is 35.9 Å². The van der Waals surface area contributed by atoms with Crippen LogP contribution in [0, 0.1) is 0 Å². The molecule has 1 N–H and O–H groups in total. The Labute approximate surface area is 93.2 Å². The summed E-state index contributed by atoms with van der Waals surface area (Å²) in [5.74, 6) is -0.838. The molecule has 0 heterocycles. The topological polar surface area (TPSA) is 63.6 Å². The number of hydrogen-bond acceptors (Lipinski definition) is 3. The lowest BCUT2D eigenvalue weighted by molar-refractivity contribution is -0.134. The summed E-state index contributed by atoms with van der Waals surface area (Å²) in [4.78, 5) is 21.2. The number of benzene rings is 1. The quantitative estimate of drug-likeness (QED) is 0.479. The smallest absolute Gasteiger partial charge is 0.328 e. The largest absolute Gasteiger partial charge is 0.478 e. The van der Waals surface area contributed by atoms with E-state index in [1.807, 2.05) is 0 Å². The molecule has 0 spiro atoms. The van der Waals surface area contributed by atoms with E-state index in [0.29, 0.717) is 12.2 Å². The van der Waals surface area contributed by atoms with Crippen molar-refractivity contribution < 1.29 is 19.4 Å². The lowest BCUT2D eigenvalue weighted by Crippen LogP contribution is -2.05. The molecule has 0 saturated carbocycles. The van der Waals surface area contributed by atoms with Crippen molar-refractivity contribution in [2.75, 3.05) is 0 Å². The molecular weight excluding hydrogens is 208 g/mol. The van der Waals surface area contributed by atoms with Crippen molar-refractivity contribution in [1.82, 2.24) is 0 Å². The predicted octanol–water partition coefficient (Wildman–Crippen LogP) is 2.10. The van der Waals surface area contributed by atoms with E-state index in [1.54, 1.807) is 31.2 Å². The molecule has 0 aliphatic rings. The van der Waals surface area contributed by atoms with E-state index in [-0.39, 0.29) is 5.97 Å². The van der Waals surface area contributed by atoms with Crippen molar-refractivity contribution in [3.8, 4) is 5.75 Å². The Hall–Kier alpha value is -2.10. The molecule has 0 aliphatic heterocycles. The minimum Gasteiger partial charge on any atom is -0.478 e. The molecule has 0 aromatic heterocycles. The Morgan fingerprint density at radius 2 is 1.94 bits per heavy atom. The fourth-order valence-electron chi connectivity index (χ4n) is 1.02. The third-order valence-corrected chi connectivity index (χ3v) is 1.82. The number of carbonyl (C=O) groups is 2. The first-order chi connectivity index (χ1) is 7.61. The zero-order chi connectivity index (χ0) is 12.0. The van der Waals surface area contributed by atoms with E-state index in [0.717, 1.165) is 11.6 Å². The van der Waals surface area contributed by atoms with Crippen molar-refractivity contribution in [3.63, 3.8) is 0 Å². The van der Waals surface area contributed by atoms with E-state index in [9.17, 15) is 9.59 Å². The Morgan fingerprint density at radius 3 is 2.44 bits per heavy atom. The van der Waals surface area contributed by atoms with Gasteiger partial charge in [0.25, 0.3) is 0 Å². The standard InChI is InChI=1S/C12H12O4/c1-2-12(15)16-10-6-3-9(4-7-10)5-8-11(13)14/h3-8H,2H2,1H3,(H,13,14)/b8-5+. The van der Waals surface area contributed by atoms with Gasteiger partial charge in [0.15, 0.2) is 0 Å². The Morgan fingerprint density at radius 1 is 1.31 bits per heavy atom. The van der Waals surface area contributed by atoms with E-state index >= 15 is 0 Å². The van der Waals surface area contributed by atoms with Gasteiger partial charge >= 0.3 is 11.9 Å². The molecule has 4 heteroatoms. The molecule has 16 heavy (non-hydrogen) atoms. The summed E-state index contributed by atoms with van der Waals surface area (Å²) in [5.41, 5.74) is 0.735. The Balaban J connectivity index is 2.68. The summed E-state index contributed by atoms with van der Waals surface area (Å²) in [5, 5.41) is 8.42.